The molecule has 0 aromatic heterocycles. The molecule has 3 unspecified atom stereocenters. The molecule has 0 radical (unpaired) electrons. The normalized spacial score (nSPS) is 40.9. The Balaban J connectivity index is 1.99. The summed E-state index contributed by atoms with van der Waals surface area (Å²) in [6.45, 7) is 12.0. The highest BCUT2D eigenvalue weighted by Gasteiger charge is 2.35. The zero-order valence-corrected chi connectivity index (χ0v) is 11.4. The Labute approximate surface area is 101 Å². The highest BCUT2D eigenvalue weighted by atomic mass is 15.2. The minimum absolute atomic E-state index is 0.566. The van der Waals surface area contributed by atoms with Crippen molar-refractivity contribution in [3.05, 3.63) is 0 Å². The van der Waals surface area contributed by atoms with Gasteiger partial charge in [0.15, 0.2) is 0 Å². The number of hydrogen-bond acceptors (Lipinski definition) is 2. The molecule has 1 aliphatic carbocycles. The van der Waals surface area contributed by atoms with Crippen LogP contribution in [0.4, 0.5) is 0 Å². The highest BCUT2D eigenvalue weighted by molar-refractivity contribution is 4.91. The van der Waals surface area contributed by atoms with Crippen LogP contribution in [0.25, 0.3) is 0 Å². The smallest absolute Gasteiger partial charge is 0.0196 e. The summed E-state index contributed by atoms with van der Waals surface area (Å²) in [6.07, 6.45) is 5.65. The van der Waals surface area contributed by atoms with Gasteiger partial charge in [0.25, 0.3) is 0 Å². The summed E-state index contributed by atoms with van der Waals surface area (Å²) in [5, 5.41) is 3.58. The summed E-state index contributed by atoms with van der Waals surface area (Å²) in [4.78, 5) is 2.77. The number of piperazine rings is 1. The highest BCUT2D eigenvalue weighted by Crippen LogP contribution is 2.38. The van der Waals surface area contributed by atoms with Crippen LogP contribution in [0.15, 0.2) is 0 Å². The molecular formula is C14H28N2. The topological polar surface area (TPSA) is 15.3 Å². The van der Waals surface area contributed by atoms with Crippen molar-refractivity contribution in [1.82, 2.24) is 10.2 Å². The van der Waals surface area contributed by atoms with Gasteiger partial charge in [-0.25, -0.2) is 0 Å². The minimum Gasteiger partial charge on any atom is -0.311 e. The van der Waals surface area contributed by atoms with E-state index in [-0.39, 0.29) is 0 Å². The van der Waals surface area contributed by atoms with E-state index in [0.717, 1.165) is 18.6 Å². The van der Waals surface area contributed by atoms with Crippen LogP contribution in [0.5, 0.6) is 0 Å². The van der Waals surface area contributed by atoms with Crippen LogP contribution in [0, 0.1) is 5.41 Å². The van der Waals surface area contributed by atoms with E-state index in [1.54, 1.807) is 0 Å². The van der Waals surface area contributed by atoms with Gasteiger partial charge in [-0.15, -0.1) is 0 Å². The van der Waals surface area contributed by atoms with Gasteiger partial charge >= 0.3 is 0 Å². The molecule has 2 nitrogen and oxygen atoms in total. The summed E-state index contributed by atoms with van der Waals surface area (Å²) >= 11 is 0. The van der Waals surface area contributed by atoms with Crippen molar-refractivity contribution < 1.29 is 0 Å². The summed E-state index contributed by atoms with van der Waals surface area (Å²) in [5.41, 5.74) is 0.566. The SMILES string of the molecule is CC1CN(C2CCCC(C)(C)C2)C(C)CN1. The zero-order valence-electron chi connectivity index (χ0n) is 11.4. The van der Waals surface area contributed by atoms with E-state index in [1.165, 1.54) is 32.2 Å². The molecule has 16 heavy (non-hydrogen) atoms. The lowest BCUT2D eigenvalue weighted by Crippen LogP contribution is -2.58. The number of nitrogens with zero attached hydrogens (tertiary/aromatic N) is 1. The first-order valence-corrected chi connectivity index (χ1v) is 6.97. The summed E-state index contributed by atoms with van der Waals surface area (Å²) in [7, 11) is 0. The summed E-state index contributed by atoms with van der Waals surface area (Å²) < 4.78 is 0. The van der Waals surface area contributed by atoms with Crippen molar-refractivity contribution >= 4 is 0 Å². The molecule has 1 saturated heterocycles. The van der Waals surface area contributed by atoms with Crippen molar-refractivity contribution in [1.29, 1.82) is 0 Å². The molecule has 1 heterocycles. The van der Waals surface area contributed by atoms with Gasteiger partial charge in [0.2, 0.25) is 0 Å². The lowest BCUT2D eigenvalue weighted by atomic mass is 9.74. The second kappa shape index (κ2) is 4.66. The molecule has 2 rings (SSSR count). The lowest BCUT2D eigenvalue weighted by molar-refractivity contribution is 0.0401. The third-order valence-electron chi connectivity index (χ3n) is 4.46. The van der Waals surface area contributed by atoms with Crippen LogP contribution >= 0.6 is 0 Å². The van der Waals surface area contributed by atoms with Gasteiger partial charge in [0.05, 0.1) is 0 Å². The third kappa shape index (κ3) is 2.78. The van der Waals surface area contributed by atoms with Crippen molar-refractivity contribution in [3.63, 3.8) is 0 Å². The van der Waals surface area contributed by atoms with Crippen LogP contribution in [-0.2, 0) is 0 Å². The molecule has 2 fully saturated rings. The Morgan fingerprint density at radius 2 is 2.00 bits per heavy atom. The molecule has 1 aliphatic heterocycles. The van der Waals surface area contributed by atoms with Gasteiger partial charge in [-0.3, -0.25) is 4.90 Å². The largest absolute Gasteiger partial charge is 0.311 e. The van der Waals surface area contributed by atoms with Crippen LogP contribution < -0.4 is 5.32 Å². The minimum atomic E-state index is 0.566. The molecule has 94 valence electrons. The molecule has 1 saturated carbocycles. The number of rotatable bonds is 1. The molecule has 0 aromatic carbocycles. The van der Waals surface area contributed by atoms with E-state index in [1.807, 2.05) is 0 Å². The molecule has 3 atom stereocenters. The molecule has 2 aliphatic rings. The first-order valence-electron chi connectivity index (χ1n) is 6.97. The molecular weight excluding hydrogens is 196 g/mol. The summed E-state index contributed by atoms with van der Waals surface area (Å²) in [5.74, 6) is 0. The zero-order chi connectivity index (χ0) is 11.8. The van der Waals surface area contributed by atoms with Crippen LogP contribution in [0.3, 0.4) is 0 Å². The van der Waals surface area contributed by atoms with Crippen LogP contribution in [0.1, 0.15) is 53.4 Å². The maximum Gasteiger partial charge on any atom is 0.0196 e. The van der Waals surface area contributed by atoms with Gasteiger partial charge in [0, 0.05) is 31.2 Å². The quantitative estimate of drug-likeness (QED) is 0.736. The van der Waals surface area contributed by atoms with E-state index in [2.05, 4.69) is 37.9 Å². The van der Waals surface area contributed by atoms with Crippen molar-refractivity contribution in [3.8, 4) is 0 Å². The predicted octanol–water partition coefficient (Wildman–Crippen LogP) is 2.64. The Hall–Kier alpha value is -0.0800. The molecule has 0 spiro atoms. The fourth-order valence-electron chi connectivity index (χ4n) is 3.50. The maximum atomic E-state index is 3.58. The van der Waals surface area contributed by atoms with Crippen LogP contribution in [0.2, 0.25) is 0 Å². The fraction of sp³-hybridized carbons (Fsp3) is 1.00. The van der Waals surface area contributed by atoms with Gasteiger partial charge in [-0.2, -0.15) is 0 Å². The van der Waals surface area contributed by atoms with Crippen LogP contribution in [-0.4, -0.2) is 36.1 Å². The van der Waals surface area contributed by atoms with Gasteiger partial charge < -0.3 is 5.32 Å². The Morgan fingerprint density at radius 1 is 1.25 bits per heavy atom. The van der Waals surface area contributed by atoms with E-state index in [4.69, 9.17) is 0 Å². The molecule has 1 N–H and O–H groups in total. The first-order chi connectivity index (χ1) is 7.48. The van der Waals surface area contributed by atoms with E-state index in [9.17, 15) is 0 Å². The van der Waals surface area contributed by atoms with Gasteiger partial charge in [-0.1, -0.05) is 20.3 Å². The third-order valence-corrected chi connectivity index (χ3v) is 4.46. The maximum absolute atomic E-state index is 3.58. The van der Waals surface area contributed by atoms with Crippen molar-refractivity contribution in [2.75, 3.05) is 13.1 Å². The molecule has 0 aromatic rings. The second-order valence-electron chi connectivity index (χ2n) is 6.77. The second-order valence-corrected chi connectivity index (χ2v) is 6.77. The summed E-state index contributed by atoms with van der Waals surface area (Å²) in [6, 6.07) is 2.22. The predicted molar refractivity (Wildman–Crippen MR) is 69.7 cm³/mol. The van der Waals surface area contributed by atoms with E-state index in [0.29, 0.717) is 11.5 Å². The monoisotopic (exact) mass is 224 g/mol. The lowest BCUT2D eigenvalue weighted by Gasteiger charge is -2.47. The van der Waals surface area contributed by atoms with Crippen molar-refractivity contribution in [2.45, 2.75) is 71.5 Å². The molecule has 2 heteroatoms. The Kier molecular flexibility index (Phi) is 3.60. The van der Waals surface area contributed by atoms with Crippen molar-refractivity contribution in [2.24, 2.45) is 5.41 Å². The Bertz CT molecular complexity index is 237. The average molecular weight is 224 g/mol. The number of hydrogen-bond donors (Lipinski definition) is 1. The number of nitrogens with one attached hydrogen (secondary N) is 1. The van der Waals surface area contributed by atoms with E-state index < -0.39 is 0 Å². The Morgan fingerprint density at radius 3 is 2.69 bits per heavy atom. The van der Waals surface area contributed by atoms with Gasteiger partial charge in [0.1, 0.15) is 0 Å². The standard InChI is InChI=1S/C14H28N2/c1-11-10-16(12(2)9-15-11)13-6-5-7-14(3,4)8-13/h11-13,15H,5-10H2,1-4H3. The average Bonchev–Trinajstić information content (AvgIpc) is 2.20. The fourth-order valence-corrected chi connectivity index (χ4v) is 3.50. The first kappa shape index (κ1) is 12.4. The van der Waals surface area contributed by atoms with E-state index >= 15 is 0 Å². The molecule has 0 bridgehead atoms. The van der Waals surface area contributed by atoms with Gasteiger partial charge in [-0.05, 0) is 38.5 Å². The molecule has 0 amide bonds.